The summed E-state index contributed by atoms with van der Waals surface area (Å²) in [6.07, 6.45) is 1.68. The molecule has 1 amide bonds. The molecule has 3 aromatic rings. The van der Waals surface area contributed by atoms with Crippen molar-refractivity contribution in [1.29, 1.82) is 0 Å². The van der Waals surface area contributed by atoms with Gasteiger partial charge < -0.3 is 15.1 Å². The van der Waals surface area contributed by atoms with E-state index in [0.29, 0.717) is 5.56 Å². The minimum atomic E-state index is -0.126. The number of hydrogen-bond donors (Lipinski definition) is 2. The predicted molar refractivity (Wildman–Crippen MR) is 100 cm³/mol. The standard InChI is InChI=1S/C19H21N5O/c1-23-9-11-24(12-10-23)15-7-5-14(6-8-15)21-19(25)16-3-2-4-18-17(16)13-20-22-18/h2-8,13H,9-12H2,1H3,(H,20,22)(H,21,25). The van der Waals surface area contributed by atoms with E-state index in [4.69, 9.17) is 0 Å². The second-order valence-electron chi connectivity index (χ2n) is 6.43. The van der Waals surface area contributed by atoms with Crippen LogP contribution in [0.25, 0.3) is 10.9 Å². The Hall–Kier alpha value is -2.86. The summed E-state index contributed by atoms with van der Waals surface area (Å²) < 4.78 is 0. The lowest BCUT2D eigenvalue weighted by Crippen LogP contribution is -2.44. The Morgan fingerprint density at radius 3 is 2.60 bits per heavy atom. The van der Waals surface area contributed by atoms with E-state index in [9.17, 15) is 4.79 Å². The molecule has 1 aromatic heterocycles. The van der Waals surface area contributed by atoms with Crippen molar-refractivity contribution in [3.05, 3.63) is 54.2 Å². The topological polar surface area (TPSA) is 64.3 Å². The van der Waals surface area contributed by atoms with Gasteiger partial charge in [-0.25, -0.2) is 0 Å². The summed E-state index contributed by atoms with van der Waals surface area (Å²) in [6, 6.07) is 13.6. The van der Waals surface area contributed by atoms with Crippen LogP contribution < -0.4 is 10.2 Å². The number of fused-ring (bicyclic) bond motifs is 1. The molecule has 2 heterocycles. The van der Waals surface area contributed by atoms with Gasteiger partial charge in [0.25, 0.3) is 5.91 Å². The van der Waals surface area contributed by atoms with Crippen molar-refractivity contribution in [2.45, 2.75) is 0 Å². The number of rotatable bonds is 3. The number of piperazine rings is 1. The smallest absolute Gasteiger partial charge is 0.256 e. The fraction of sp³-hybridized carbons (Fsp3) is 0.263. The van der Waals surface area contributed by atoms with E-state index >= 15 is 0 Å². The van der Waals surface area contributed by atoms with Gasteiger partial charge in [-0.1, -0.05) is 6.07 Å². The number of H-pyrrole nitrogens is 1. The normalized spacial score (nSPS) is 15.5. The highest BCUT2D eigenvalue weighted by Crippen LogP contribution is 2.21. The van der Waals surface area contributed by atoms with E-state index in [1.165, 1.54) is 5.69 Å². The summed E-state index contributed by atoms with van der Waals surface area (Å²) >= 11 is 0. The van der Waals surface area contributed by atoms with E-state index in [2.05, 4.69) is 44.5 Å². The van der Waals surface area contributed by atoms with Gasteiger partial charge in [0.15, 0.2) is 0 Å². The summed E-state index contributed by atoms with van der Waals surface area (Å²) in [7, 11) is 2.15. The predicted octanol–water partition coefficient (Wildman–Crippen LogP) is 2.57. The van der Waals surface area contributed by atoms with Gasteiger partial charge in [-0.15, -0.1) is 0 Å². The number of aromatic nitrogens is 2. The third-order valence-corrected chi connectivity index (χ3v) is 4.72. The van der Waals surface area contributed by atoms with Crippen LogP contribution in [0, 0.1) is 0 Å². The fourth-order valence-electron chi connectivity index (χ4n) is 3.18. The van der Waals surface area contributed by atoms with E-state index in [1.54, 1.807) is 6.20 Å². The average Bonchev–Trinajstić information content (AvgIpc) is 3.12. The van der Waals surface area contributed by atoms with E-state index < -0.39 is 0 Å². The van der Waals surface area contributed by atoms with Gasteiger partial charge in [-0.05, 0) is 43.4 Å². The summed E-state index contributed by atoms with van der Waals surface area (Å²) in [5.74, 6) is -0.126. The molecule has 0 spiro atoms. The highest BCUT2D eigenvalue weighted by Gasteiger charge is 2.15. The maximum atomic E-state index is 12.6. The largest absolute Gasteiger partial charge is 0.369 e. The number of carbonyl (C=O) groups excluding carboxylic acids is 1. The van der Waals surface area contributed by atoms with Crippen LogP contribution in [0.2, 0.25) is 0 Å². The first-order chi connectivity index (χ1) is 12.2. The van der Waals surface area contributed by atoms with Crippen LogP contribution in [0.1, 0.15) is 10.4 Å². The molecule has 6 heteroatoms. The lowest BCUT2D eigenvalue weighted by molar-refractivity contribution is 0.102. The summed E-state index contributed by atoms with van der Waals surface area (Å²) in [6.45, 7) is 4.22. The van der Waals surface area contributed by atoms with E-state index in [0.717, 1.165) is 42.8 Å². The van der Waals surface area contributed by atoms with Crippen LogP contribution in [0.3, 0.4) is 0 Å². The lowest BCUT2D eigenvalue weighted by atomic mass is 10.1. The highest BCUT2D eigenvalue weighted by atomic mass is 16.1. The molecule has 25 heavy (non-hydrogen) atoms. The van der Waals surface area contributed by atoms with Gasteiger partial charge >= 0.3 is 0 Å². The number of likely N-dealkylation sites (N-methyl/N-ethyl adjacent to an activating group) is 1. The van der Waals surface area contributed by atoms with Crippen molar-refractivity contribution < 1.29 is 4.79 Å². The first-order valence-corrected chi connectivity index (χ1v) is 8.48. The van der Waals surface area contributed by atoms with Crippen molar-refractivity contribution in [1.82, 2.24) is 15.1 Å². The van der Waals surface area contributed by atoms with Crippen LogP contribution in [-0.2, 0) is 0 Å². The molecule has 0 aliphatic carbocycles. The zero-order chi connectivity index (χ0) is 17.2. The fourth-order valence-corrected chi connectivity index (χ4v) is 3.18. The number of benzene rings is 2. The molecule has 0 radical (unpaired) electrons. The number of aromatic amines is 1. The molecule has 2 N–H and O–H groups in total. The molecule has 0 saturated carbocycles. The van der Waals surface area contributed by atoms with Crippen molar-refractivity contribution in [3.63, 3.8) is 0 Å². The third kappa shape index (κ3) is 3.21. The monoisotopic (exact) mass is 335 g/mol. The van der Waals surface area contributed by atoms with Gasteiger partial charge in [0.2, 0.25) is 0 Å². The average molecular weight is 335 g/mol. The van der Waals surface area contributed by atoms with Gasteiger partial charge in [0.1, 0.15) is 0 Å². The summed E-state index contributed by atoms with van der Waals surface area (Å²) in [5.41, 5.74) is 3.47. The molecule has 128 valence electrons. The third-order valence-electron chi connectivity index (χ3n) is 4.72. The molecule has 1 saturated heterocycles. The van der Waals surface area contributed by atoms with Crippen molar-refractivity contribution in [3.8, 4) is 0 Å². The molecule has 0 unspecified atom stereocenters. The number of anilines is 2. The highest BCUT2D eigenvalue weighted by molar-refractivity contribution is 6.12. The number of nitrogens with zero attached hydrogens (tertiary/aromatic N) is 3. The van der Waals surface area contributed by atoms with E-state index in [1.807, 2.05) is 30.3 Å². The number of nitrogens with one attached hydrogen (secondary N) is 2. The first-order valence-electron chi connectivity index (χ1n) is 8.48. The summed E-state index contributed by atoms with van der Waals surface area (Å²) in [5, 5.41) is 10.7. The molecule has 1 fully saturated rings. The second-order valence-corrected chi connectivity index (χ2v) is 6.43. The van der Waals surface area contributed by atoms with Gasteiger partial charge in [0, 0.05) is 42.9 Å². The Kier molecular flexibility index (Phi) is 4.11. The molecular weight excluding hydrogens is 314 g/mol. The Morgan fingerprint density at radius 1 is 1.08 bits per heavy atom. The Bertz CT molecular complexity index is 878. The zero-order valence-electron chi connectivity index (χ0n) is 14.2. The molecule has 0 bridgehead atoms. The van der Waals surface area contributed by atoms with E-state index in [-0.39, 0.29) is 5.91 Å². The molecular formula is C19H21N5O. The Labute approximate surface area is 146 Å². The maximum absolute atomic E-state index is 12.6. The SMILES string of the molecule is CN1CCN(c2ccc(NC(=O)c3cccc4[nH]ncc34)cc2)CC1. The molecule has 4 rings (SSSR count). The quantitative estimate of drug-likeness (QED) is 0.772. The lowest BCUT2D eigenvalue weighted by Gasteiger charge is -2.34. The van der Waals surface area contributed by atoms with Gasteiger partial charge in [0.05, 0.1) is 17.3 Å². The summed E-state index contributed by atoms with van der Waals surface area (Å²) in [4.78, 5) is 17.3. The van der Waals surface area contributed by atoms with Crippen LogP contribution in [0.4, 0.5) is 11.4 Å². The van der Waals surface area contributed by atoms with Crippen LogP contribution in [-0.4, -0.2) is 54.2 Å². The van der Waals surface area contributed by atoms with Crippen LogP contribution >= 0.6 is 0 Å². The Balaban J connectivity index is 1.47. The Morgan fingerprint density at radius 2 is 1.84 bits per heavy atom. The van der Waals surface area contributed by atoms with Crippen LogP contribution in [0.5, 0.6) is 0 Å². The minimum Gasteiger partial charge on any atom is -0.369 e. The number of hydrogen-bond acceptors (Lipinski definition) is 4. The molecule has 2 aromatic carbocycles. The second kappa shape index (κ2) is 6.57. The van der Waals surface area contributed by atoms with Gasteiger partial charge in [-0.3, -0.25) is 9.89 Å². The molecule has 0 atom stereocenters. The number of carbonyl (C=O) groups is 1. The first kappa shape index (κ1) is 15.7. The maximum Gasteiger partial charge on any atom is 0.256 e. The molecule has 1 aliphatic rings. The number of amides is 1. The van der Waals surface area contributed by atoms with Crippen molar-refractivity contribution in [2.75, 3.05) is 43.4 Å². The molecule has 1 aliphatic heterocycles. The van der Waals surface area contributed by atoms with Gasteiger partial charge in [-0.2, -0.15) is 5.10 Å². The van der Waals surface area contributed by atoms with Crippen molar-refractivity contribution >= 4 is 28.2 Å². The zero-order valence-corrected chi connectivity index (χ0v) is 14.2. The minimum absolute atomic E-state index is 0.126. The van der Waals surface area contributed by atoms with Crippen molar-refractivity contribution in [2.24, 2.45) is 0 Å². The van der Waals surface area contributed by atoms with Crippen LogP contribution in [0.15, 0.2) is 48.7 Å². The molecule has 6 nitrogen and oxygen atoms in total.